The van der Waals surface area contributed by atoms with Crippen LogP contribution in [0.4, 0.5) is 17.1 Å². The van der Waals surface area contributed by atoms with E-state index in [1.165, 1.54) is 0 Å². The van der Waals surface area contributed by atoms with E-state index in [4.69, 9.17) is 4.74 Å². The summed E-state index contributed by atoms with van der Waals surface area (Å²) in [5.41, 5.74) is 2.53. The van der Waals surface area contributed by atoms with Gasteiger partial charge >= 0.3 is 0 Å². The van der Waals surface area contributed by atoms with Crippen molar-refractivity contribution >= 4 is 34.8 Å². The quantitative estimate of drug-likeness (QED) is 0.390. The Bertz CT molecular complexity index is 868. The van der Waals surface area contributed by atoms with E-state index in [1.807, 2.05) is 13.0 Å². The Balaban J connectivity index is 1.80. The molecular weight excluding hydrogens is 396 g/mol. The van der Waals surface area contributed by atoms with Crippen molar-refractivity contribution in [1.29, 1.82) is 0 Å². The van der Waals surface area contributed by atoms with Crippen LogP contribution < -0.4 is 21.3 Å². The lowest BCUT2D eigenvalue weighted by atomic mass is 10.2. The van der Waals surface area contributed by atoms with Crippen molar-refractivity contribution in [2.45, 2.75) is 26.2 Å². The molecule has 0 saturated carbocycles. The van der Waals surface area contributed by atoms with Crippen LogP contribution in [-0.4, -0.2) is 44.5 Å². The zero-order valence-electron chi connectivity index (χ0n) is 18.0. The number of hydrogen-bond acceptors (Lipinski definition) is 5. The van der Waals surface area contributed by atoms with Gasteiger partial charge in [0.25, 0.3) is 5.91 Å². The predicted octanol–water partition coefficient (Wildman–Crippen LogP) is 3.24. The highest BCUT2D eigenvalue weighted by Crippen LogP contribution is 2.15. The number of benzene rings is 2. The molecule has 2 rings (SSSR count). The maximum Gasteiger partial charge on any atom is 0.251 e. The molecule has 8 heteroatoms. The molecule has 0 bridgehead atoms. The second-order valence-corrected chi connectivity index (χ2v) is 6.96. The minimum Gasteiger partial charge on any atom is -0.385 e. The van der Waals surface area contributed by atoms with Crippen molar-refractivity contribution in [3.05, 3.63) is 54.1 Å². The Morgan fingerprint density at radius 1 is 0.903 bits per heavy atom. The van der Waals surface area contributed by atoms with E-state index in [0.29, 0.717) is 36.5 Å². The van der Waals surface area contributed by atoms with E-state index >= 15 is 0 Å². The molecule has 0 spiro atoms. The van der Waals surface area contributed by atoms with Gasteiger partial charge in [-0.25, -0.2) is 0 Å². The van der Waals surface area contributed by atoms with Crippen LogP contribution in [0.5, 0.6) is 0 Å². The maximum absolute atomic E-state index is 12.2. The maximum atomic E-state index is 12.2. The van der Waals surface area contributed by atoms with Gasteiger partial charge in [-0.3, -0.25) is 14.4 Å². The monoisotopic (exact) mass is 426 g/mol. The average molecular weight is 427 g/mol. The fraction of sp³-hybridized carbons (Fsp3) is 0.348. The van der Waals surface area contributed by atoms with Crippen molar-refractivity contribution in [3.63, 3.8) is 0 Å². The highest BCUT2D eigenvalue weighted by atomic mass is 16.5. The number of ether oxygens (including phenoxy) is 1. The standard InChI is InChI=1S/C23H30N4O4/c1-3-6-21(28)27-20-8-4-7-19(15-20)25-16-22(29)26-18-11-9-17(10-12-18)23(30)24-13-5-14-31-2/h4,7-12,15,25H,3,5-6,13-14,16H2,1-2H3,(H,24,30)(H,26,29)(H,27,28). The molecule has 2 aromatic rings. The molecule has 8 nitrogen and oxygen atoms in total. The van der Waals surface area contributed by atoms with Gasteiger partial charge in [-0.2, -0.15) is 0 Å². The normalized spacial score (nSPS) is 10.3. The fourth-order valence-corrected chi connectivity index (χ4v) is 2.77. The molecule has 0 aliphatic rings. The first-order valence-corrected chi connectivity index (χ1v) is 10.3. The van der Waals surface area contributed by atoms with Crippen LogP contribution in [0.2, 0.25) is 0 Å². The molecule has 0 fully saturated rings. The summed E-state index contributed by atoms with van der Waals surface area (Å²) in [6.45, 7) is 3.15. The first-order chi connectivity index (χ1) is 15.0. The summed E-state index contributed by atoms with van der Waals surface area (Å²) < 4.78 is 4.95. The second kappa shape index (κ2) is 13.0. The molecule has 0 saturated heterocycles. The molecule has 4 N–H and O–H groups in total. The smallest absolute Gasteiger partial charge is 0.251 e. The van der Waals surface area contributed by atoms with Gasteiger partial charge in [-0.05, 0) is 55.3 Å². The van der Waals surface area contributed by atoms with Gasteiger partial charge in [0.05, 0.1) is 6.54 Å². The van der Waals surface area contributed by atoms with E-state index in [9.17, 15) is 14.4 Å². The molecule has 0 aliphatic heterocycles. The number of anilines is 3. The number of methoxy groups -OCH3 is 1. The van der Waals surface area contributed by atoms with Crippen molar-refractivity contribution in [1.82, 2.24) is 5.32 Å². The third kappa shape index (κ3) is 8.88. The van der Waals surface area contributed by atoms with Crippen LogP contribution in [0, 0.1) is 0 Å². The molecule has 166 valence electrons. The highest BCUT2D eigenvalue weighted by molar-refractivity contribution is 5.97. The van der Waals surface area contributed by atoms with Crippen molar-refractivity contribution < 1.29 is 19.1 Å². The van der Waals surface area contributed by atoms with Gasteiger partial charge < -0.3 is 26.0 Å². The van der Waals surface area contributed by atoms with Gasteiger partial charge in [-0.15, -0.1) is 0 Å². The Hall–Kier alpha value is -3.39. The minimum atomic E-state index is -0.225. The number of carbonyl (C=O) groups excluding carboxylic acids is 3. The van der Waals surface area contributed by atoms with Gasteiger partial charge in [0.2, 0.25) is 11.8 Å². The first-order valence-electron chi connectivity index (χ1n) is 10.3. The van der Waals surface area contributed by atoms with Gasteiger partial charge in [0.15, 0.2) is 0 Å². The van der Waals surface area contributed by atoms with Crippen LogP contribution in [-0.2, 0) is 14.3 Å². The highest BCUT2D eigenvalue weighted by Gasteiger charge is 2.07. The van der Waals surface area contributed by atoms with E-state index in [1.54, 1.807) is 49.6 Å². The van der Waals surface area contributed by atoms with Crippen molar-refractivity contribution in [3.8, 4) is 0 Å². The van der Waals surface area contributed by atoms with Crippen molar-refractivity contribution in [2.75, 3.05) is 42.8 Å². The molecule has 3 amide bonds. The summed E-state index contributed by atoms with van der Waals surface area (Å²) in [5.74, 6) is -0.428. The number of hydrogen-bond donors (Lipinski definition) is 4. The number of rotatable bonds is 12. The molecule has 2 aromatic carbocycles. The minimum absolute atomic E-state index is 0.0375. The Kier molecular flexibility index (Phi) is 10.0. The summed E-state index contributed by atoms with van der Waals surface area (Å²) in [7, 11) is 1.62. The molecular formula is C23H30N4O4. The van der Waals surface area contributed by atoms with E-state index < -0.39 is 0 Å². The topological polar surface area (TPSA) is 109 Å². The van der Waals surface area contributed by atoms with E-state index in [2.05, 4.69) is 21.3 Å². The summed E-state index contributed by atoms with van der Waals surface area (Å²) in [4.78, 5) is 36.0. The summed E-state index contributed by atoms with van der Waals surface area (Å²) in [6.07, 6.45) is 2.00. The van der Waals surface area contributed by atoms with Crippen LogP contribution >= 0.6 is 0 Å². The van der Waals surface area contributed by atoms with Crippen LogP contribution in [0.1, 0.15) is 36.5 Å². The Labute approximate surface area is 182 Å². The molecule has 0 radical (unpaired) electrons. The lowest BCUT2D eigenvalue weighted by Gasteiger charge is -2.10. The molecule has 0 aromatic heterocycles. The van der Waals surface area contributed by atoms with Crippen LogP contribution in [0.3, 0.4) is 0 Å². The first kappa shape index (κ1) is 23.9. The largest absolute Gasteiger partial charge is 0.385 e. The lowest BCUT2D eigenvalue weighted by molar-refractivity contribution is -0.116. The third-order valence-corrected chi connectivity index (χ3v) is 4.32. The Morgan fingerprint density at radius 2 is 1.61 bits per heavy atom. The summed E-state index contributed by atoms with van der Waals surface area (Å²) >= 11 is 0. The zero-order chi connectivity index (χ0) is 22.5. The predicted molar refractivity (Wildman–Crippen MR) is 122 cm³/mol. The lowest BCUT2D eigenvalue weighted by Crippen LogP contribution is -2.25. The molecule has 0 atom stereocenters. The van der Waals surface area contributed by atoms with Gasteiger partial charge in [-0.1, -0.05) is 13.0 Å². The summed E-state index contributed by atoms with van der Waals surface area (Å²) in [5, 5.41) is 11.5. The summed E-state index contributed by atoms with van der Waals surface area (Å²) in [6, 6.07) is 13.9. The Morgan fingerprint density at radius 3 is 2.32 bits per heavy atom. The third-order valence-electron chi connectivity index (χ3n) is 4.32. The van der Waals surface area contributed by atoms with E-state index in [0.717, 1.165) is 18.5 Å². The molecule has 0 heterocycles. The van der Waals surface area contributed by atoms with E-state index in [-0.39, 0.29) is 24.3 Å². The molecule has 0 unspecified atom stereocenters. The van der Waals surface area contributed by atoms with Crippen LogP contribution in [0.25, 0.3) is 0 Å². The SMILES string of the molecule is CCCC(=O)Nc1cccc(NCC(=O)Nc2ccc(C(=O)NCCCOC)cc2)c1. The fourth-order valence-electron chi connectivity index (χ4n) is 2.77. The number of carbonyl (C=O) groups is 3. The number of nitrogens with one attached hydrogen (secondary N) is 4. The average Bonchev–Trinajstić information content (AvgIpc) is 2.76. The van der Waals surface area contributed by atoms with Crippen molar-refractivity contribution in [2.24, 2.45) is 0 Å². The van der Waals surface area contributed by atoms with Crippen LogP contribution in [0.15, 0.2) is 48.5 Å². The second-order valence-electron chi connectivity index (χ2n) is 6.96. The van der Waals surface area contributed by atoms with Gasteiger partial charge in [0.1, 0.15) is 0 Å². The molecule has 0 aliphatic carbocycles. The molecule has 31 heavy (non-hydrogen) atoms. The number of amides is 3. The van der Waals surface area contributed by atoms with Gasteiger partial charge in [0, 0.05) is 49.3 Å². The zero-order valence-corrected chi connectivity index (χ0v) is 18.0.